The van der Waals surface area contributed by atoms with Crippen LogP contribution in [-0.4, -0.2) is 13.1 Å². The molecule has 3 heteroatoms. The molecule has 0 N–H and O–H groups in total. The van der Waals surface area contributed by atoms with Gasteiger partial charge in [0.1, 0.15) is 6.61 Å². The Morgan fingerprint density at radius 3 is 3.00 bits per heavy atom. The lowest BCUT2D eigenvalue weighted by Gasteiger charge is -1.93. The lowest BCUT2D eigenvalue weighted by Crippen LogP contribution is -1.85. The molecule has 0 aliphatic carbocycles. The van der Waals surface area contributed by atoms with Gasteiger partial charge in [-0.1, -0.05) is 29.8 Å². The SMILES string of the molecule is O=COCC=Cc1cccc(Cl)c1. The summed E-state index contributed by atoms with van der Waals surface area (Å²) >= 11 is 5.76. The molecule has 1 aromatic rings. The highest BCUT2D eigenvalue weighted by molar-refractivity contribution is 6.30. The number of halogens is 1. The molecule has 0 spiro atoms. The molecule has 0 amide bonds. The van der Waals surface area contributed by atoms with E-state index in [0.717, 1.165) is 5.56 Å². The predicted molar refractivity (Wildman–Crippen MR) is 52.5 cm³/mol. The van der Waals surface area contributed by atoms with Gasteiger partial charge >= 0.3 is 0 Å². The van der Waals surface area contributed by atoms with Crippen molar-refractivity contribution in [1.82, 2.24) is 0 Å². The zero-order chi connectivity index (χ0) is 9.52. The first-order valence-corrected chi connectivity index (χ1v) is 4.18. The van der Waals surface area contributed by atoms with Crippen molar-refractivity contribution in [3.05, 3.63) is 40.9 Å². The summed E-state index contributed by atoms with van der Waals surface area (Å²) in [5.41, 5.74) is 0.988. The largest absolute Gasteiger partial charge is 0.464 e. The van der Waals surface area contributed by atoms with Gasteiger partial charge in [-0.2, -0.15) is 0 Å². The molecular weight excluding hydrogens is 188 g/mol. The third kappa shape index (κ3) is 3.76. The minimum absolute atomic E-state index is 0.288. The Bertz CT molecular complexity index is 308. The van der Waals surface area contributed by atoms with E-state index >= 15 is 0 Å². The number of carbonyl (C=O) groups excluding carboxylic acids is 1. The molecule has 68 valence electrons. The molecule has 0 saturated heterocycles. The maximum Gasteiger partial charge on any atom is 0.293 e. The average molecular weight is 197 g/mol. The molecule has 0 aliphatic rings. The number of hydrogen-bond donors (Lipinski definition) is 0. The first kappa shape index (κ1) is 9.81. The van der Waals surface area contributed by atoms with Gasteiger partial charge in [-0.25, -0.2) is 0 Å². The molecule has 0 fully saturated rings. The minimum Gasteiger partial charge on any atom is -0.464 e. The van der Waals surface area contributed by atoms with Crippen LogP contribution in [0.4, 0.5) is 0 Å². The number of benzene rings is 1. The fourth-order valence-electron chi connectivity index (χ4n) is 0.889. The van der Waals surface area contributed by atoms with Crippen LogP contribution < -0.4 is 0 Å². The highest BCUT2D eigenvalue weighted by Crippen LogP contribution is 2.11. The predicted octanol–water partition coefficient (Wildman–Crippen LogP) is 2.53. The van der Waals surface area contributed by atoms with Crippen molar-refractivity contribution in [3.63, 3.8) is 0 Å². The smallest absolute Gasteiger partial charge is 0.293 e. The first-order valence-electron chi connectivity index (χ1n) is 3.80. The average Bonchev–Trinajstić information content (AvgIpc) is 2.13. The van der Waals surface area contributed by atoms with Gasteiger partial charge in [-0.3, -0.25) is 4.79 Å². The van der Waals surface area contributed by atoms with Crippen LogP contribution >= 0.6 is 11.6 Å². The summed E-state index contributed by atoms with van der Waals surface area (Å²) in [4.78, 5) is 9.79. The topological polar surface area (TPSA) is 26.3 Å². The number of rotatable bonds is 4. The van der Waals surface area contributed by atoms with Gasteiger partial charge in [-0.15, -0.1) is 0 Å². The Morgan fingerprint density at radius 1 is 1.46 bits per heavy atom. The van der Waals surface area contributed by atoms with Gasteiger partial charge in [0.25, 0.3) is 6.47 Å². The summed E-state index contributed by atoms with van der Waals surface area (Å²) < 4.78 is 4.49. The first-order chi connectivity index (χ1) is 6.33. The van der Waals surface area contributed by atoms with Crippen LogP contribution in [-0.2, 0) is 9.53 Å². The Morgan fingerprint density at radius 2 is 2.31 bits per heavy atom. The van der Waals surface area contributed by atoms with E-state index in [9.17, 15) is 4.79 Å². The Hall–Kier alpha value is -1.28. The van der Waals surface area contributed by atoms with Crippen molar-refractivity contribution in [2.75, 3.05) is 6.61 Å². The molecule has 1 rings (SSSR count). The Kier molecular flexibility index (Phi) is 4.06. The zero-order valence-electron chi connectivity index (χ0n) is 6.94. The number of ether oxygens (including phenoxy) is 1. The summed E-state index contributed by atoms with van der Waals surface area (Å²) in [6.45, 7) is 0.707. The molecule has 0 unspecified atom stereocenters. The highest BCUT2D eigenvalue weighted by Gasteiger charge is 1.87. The van der Waals surface area contributed by atoms with Crippen LogP contribution in [0, 0.1) is 0 Å². The maximum atomic E-state index is 9.79. The molecular formula is C10H9ClO2. The zero-order valence-corrected chi connectivity index (χ0v) is 7.70. The third-order valence-electron chi connectivity index (χ3n) is 1.42. The van der Waals surface area contributed by atoms with E-state index in [2.05, 4.69) is 4.74 Å². The van der Waals surface area contributed by atoms with Crippen LogP contribution in [0.3, 0.4) is 0 Å². The van der Waals surface area contributed by atoms with Crippen molar-refractivity contribution < 1.29 is 9.53 Å². The number of carbonyl (C=O) groups is 1. The van der Waals surface area contributed by atoms with Crippen LogP contribution in [0.1, 0.15) is 5.56 Å². The van der Waals surface area contributed by atoms with Crippen molar-refractivity contribution >= 4 is 24.1 Å². The van der Waals surface area contributed by atoms with E-state index in [-0.39, 0.29) is 6.61 Å². The second-order valence-electron chi connectivity index (χ2n) is 2.39. The van der Waals surface area contributed by atoms with E-state index in [0.29, 0.717) is 11.5 Å². The van der Waals surface area contributed by atoms with E-state index in [4.69, 9.17) is 11.6 Å². The maximum absolute atomic E-state index is 9.79. The van der Waals surface area contributed by atoms with E-state index in [1.54, 1.807) is 12.1 Å². The molecule has 0 atom stereocenters. The van der Waals surface area contributed by atoms with Gasteiger partial charge in [0.2, 0.25) is 0 Å². The molecule has 0 aromatic heterocycles. The van der Waals surface area contributed by atoms with E-state index < -0.39 is 0 Å². The molecule has 1 aromatic carbocycles. The second kappa shape index (κ2) is 5.38. The minimum atomic E-state index is 0.288. The lowest BCUT2D eigenvalue weighted by atomic mass is 10.2. The Labute approximate surface area is 81.8 Å². The van der Waals surface area contributed by atoms with Crippen molar-refractivity contribution in [1.29, 1.82) is 0 Å². The normalized spacial score (nSPS) is 10.2. The van der Waals surface area contributed by atoms with Crippen LogP contribution in [0.15, 0.2) is 30.3 Å². The summed E-state index contributed by atoms with van der Waals surface area (Å²) in [6, 6.07) is 7.42. The van der Waals surface area contributed by atoms with Crippen molar-refractivity contribution in [2.24, 2.45) is 0 Å². The van der Waals surface area contributed by atoms with Crippen molar-refractivity contribution in [3.8, 4) is 0 Å². The van der Waals surface area contributed by atoms with Gasteiger partial charge in [0, 0.05) is 5.02 Å². The summed E-state index contributed by atoms with van der Waals surface area (Å²) in [6.07, 6.45) is 3.59. The van der Waals surface area contributed by atoms with Gasteiger partial charge in [-0.05, 0) is 23.8 Å². The van der Waals surface area contributed by atoms with Crippen molar-refractivity contribution in [2.45, 2.75) is 0 Å². The summed E-state index contributed by atoms with van der Waals surface area (Å²) in [5.74, 6) is 0. The van der Waals surface area contributed by atoms with Gasteiger partial charge in [0.15, 0.2) is 0 Å². The monoisotopic (exact) mass is 196 g/mol. The van der Waals surface area contributed by atoms with Crippen LogP contribution in [0.25, 0.3) is 6.08 Å². The quantitative estimate of drug-likeness (QED) is 0.547. The molecule has 0 heterocycles. The van der Waals surface area contributed by atoms with Gasteiger partial charge in [0.05, 0.1) is 0 Å². The molecule has 0 aliphatic heterocycles. The van der Waals surface area contributed by atoms with E-state index in [1.165, 1.54) is 0 Å². The molecule has 0 radical (unpaired) electrons. The molecule has 0 saturated carbocycles. The van der Waals surface area contributed by atoms with E-state index in [1.807, 2.05) is 24.3 Å². The van der Waals surface area contributed by atoms with Crippen LogP contribution in [0.5, 0.6) is 0 Å². The standard InChI is InChI=1S/C10H9ClO2/c11-10-5-1-3-9(7-10)4-2-6-13-8-12/h1-5,7-8H,6H2. The molecule has 2 nitrogen and oxygen atoms in total. The molecule has 0 bridgehead atoms. The lowest BCUT2D eigenvalue weighted by molar-refractivity contribution is -0.127. The molecule has 13 heavy (non-hydrogen) atoms. The highest BCUT2D eigenvalue weighted by atomic mass is 35.5. The summed E-state index contributed by atoms with van der Waals surface area (Å²) in [5, 5.41) is 0.693. The van der Waals surface area contributed by atoms with Gasteiger partial charge < -0.3 is 4.74 Å². The van der Waals surface area contributed by atoms with Crippen LogP contribution in [0.2, 0.25) is 5.02 Å². The third-order valence-corrected chi connectivity index (χ3v) is 1.65. The Balaban J connectivity index is 2.53. The fraction of sp³-hybridized carbons (Fsp3) is 0.100. The fourth-order valence-corrected chi connectivity index (χ4v) is 1.09. The number of hydrogen-bond acceptors (Lipinski definition) is 2. The summed E-state index contributed by atoms with van der Waals surface area (Å²) in [7, 11) is 0. The second-order valence-corrected chi connectivity index (χ2v) is 2.82.